The van der Waals surface area contributed by atoms with Gasteiger partial charge in [-0.15, -0.1) is 0 Å². The molecule has 4 aliphatic carbocycles. The summed E-state index contributed by atoms with van der Waals surface area (Å²) in [5, 5.41) is 20.2. The Morgan fingerprint density at radius 1 is 0.909 bits per heavy atom. The van der Waals surface area contributed by atoms with Crippen molar-refractivity contribution in [3.63, 3.8) is 0 Å². The van der Waals surface area contributed by atoms with Gasteiger partial charge in [-0.05, 0) is 106 Å². The molecule has 0 heterocycles. The summed E-state index contributed by atoms with van der Waals surface area (Å²) in [7, 11) is 0. The molecule has 126 valence electrons. The second kappa shape index (κ2) is 5.48. The summed E-state index contributed by atoms with van der Waals surface area (Å²) in [6.07, 6.45) is 11.3. The van der Waals surface area contributed by atoms with Crippen LogP contribution in [0.1, 0.15) is 71.6 Å². The molecule has 2 N–H and O–H groups in total. The van der Waals surface area contributed by atoms with Gasteiger partial charge in [0.2, 0.25) is 0 Å². The molecule has 4 saturated carbocycles. The van der Waals surface area contributed by atoms with Crippen molar-refractivity contribution in [3.8, 4) is 0 Å². The van der Waals surface area contributed by atoms with Crippen LogP contribution in [-0.4, -0.2) is 22.4 Å². The number of hydrogen-bond donors (Lipinski definition) is 2. The summed E-state index contributed by atoms with van der Waals surface area (Å²) in [4.78, 5) is 0. The van der Waals surface area contributed by atoms with E-state index in [0.717, 1.165) is 42.4 Å². The minimum atomic E-state index is -0.132. The topological polar surface area (TPSA) is 40.5 Å². The van der Waals surface area contributed by atoms with Gasteiger partial charge in [-0.2, -0.15) is 0 Å². The predicted molar refractivity (Wildman–Crippen MR) is 88.3 cm³/mol. The molecule has 4 fully saturated rings. The van der Waals surface area contributed by atoms with E-state index >= 15 is 0 Å². The minimum absolute atomic E-state index is 0.0160. The second-order valence-corrected chi connectivity index (χ2v) is 9.37. The van der Waals surface area contributed by atoms with Gasteiger partial charge in [-0.1, -0.05) is 6.92 Å². The number of fused-ring (bicyclic) bond motifs is 5. The Kier molecular flexibility index (Phi) is 3.85. The summed E-state index contributed by atoms with van der Waals surface area (Å²) in [5.41, 5.74) is 0.399. The van der Waals surface area contributed by atoms with Crippen LogP contribution in [0.5, 0.6) is 0 Å². The fourth-order valence-corrected chi connectivity index (χ4v) is 7.66. The highest BCUT2D eigenvalue weighted by molar-refractivity contribution is 5.06. The van der Waals surface area contributed by atoms with Gasteiger partial charge in [-0.3, -0.25) is 0 Å². The van der Waals surface area contributed by atoms with Gasteiger partial charge < -0.3 is 10.2 Å². The molecule has 0 amide bonds. The summed E-state index contributed by atoms with van der Waals surface area (Å²) < 4.78 is 0. The second-order valence-electron chi connectivity index (χ2n) is 9.37. The monoisotopic (exact) mass is 306 g/mol. The Morgan fingerprint density at radius 2 is 1.68 bits per heavy atom. The van der Waals surface area contributed by atoms with Crippen molar-refractivity contribution in [2.45, 2.75) is 83.8 Å². The van der Waals surface area contributed by atoms with E-state index in [1.165, 1.54) is 44.9 Å². The Bertz CT molecular complexity index is 420. The highest BCUT2D eigenvalue weighted by Crippen LogP contribution is 2.64. The van der Waals surface area contributed by atoms with E-state index in [1.807, 2.05) is 6.92 Å². The maximum absolute atomic E-state index is 10.2. The fourth-order valence-electron chi connectivity index (χ4n) is 7.66. The van der Waals surface area contributed by atoms with Crippen LogP contribution in [-0.2, 0) is 0 Å². The van der Waals surface area contributed by atoms with Gasteiger partial charge in [0.05, 0.1) is 12.2 Å². The average Bonchev–Trinajstić information content (AvgIpc) is 2.84. The zero-order chi connectivity index (χ0) is 15.5. The Labute approximate surface area is 135 Å². The van der Waals surface area contributed by atoms with Crippen molar-refractivity contribution in [1.29, 1.82) is 0 Å². The SMILES string of the molecule is CC(O)C1CCC2C3CCC4CC(O)CCC4C3CCC12C. The highest BCUT2D eigenvalue weighted by Gasteiger charge is 2.57. The van der Waals surface area contributed by atoms with Gasteiger partial charge in [0.15, 0.2) is 0 Å². The first-order valence-electron chi connectivity index (χ1n) is 9.87. The molecule has 0 saturated heterocycles. The van der Waals surface area contributed by atoms with Crippen LogP contribution in [0.2, 0.25) is 0 Å². The van der Waals surface area contributed by atoms with Gasteiger partial charge >= 0.3 is 0 Å². The summed E-state index contributed by atoms with van der Waals surface area (Å²) in [6, 6.07) is 0. The molecule has 0 spiro atoms. The van der Waals surface area contributed by atoms with Crippen LogP contribution in [0.3, 0.4) is 0 Å². The van der Waals surface area contributed by atoms with Crippen molar-refractivity contribution in [2.75, 3.05) is 0 Å². The Hall–Kier alpha value is -0.0800. The molecule has 0 aromatic carbocycles. The van der Waals surface area contributed by atoms with Crippen molar-refractivity contribution in [3.05, 3.63) is 0 Å². The molecular formula is C20H34O2. The lowest BCUT2D eigenvalue weighted by molar-refractivity contribution is -0.0886. The van der Waals surface area contributed by atoms with Gasteiger partial charge in [0.1, 0.15) is 0 Å². The third-order valence-corrected chi connectivity index (χ3v) is 8.58. The lowest BCUT2D eigenvalue weighted by Crippen LogP contribution is -2.49. The molecule has 4 aliphatic rings. The lowest BCUT2D eigenvalue weighted by atomic mass is 9.49. The molecule has 2 heteroatoms. The normalized spacial score (nSPS) is 55.9. The van der Waals surface area contributed by atoms with E-state index in [-0.39, 0.29) is 12.2 Å². The quantitative estimate of drug-likeness (QED) is 0.769. The lowest BCUT2D eigenvalue weighted by Gasteiger charge is -2.56. The molecule has 2 nitrogen and oxygen atoms in total. The maximum atomic E-state index is 10.2. The van der Waals surface area contributed by atoms with Crippen LogP contribution in [0.15, 0.2) is 0 Å². The third-order valence-electron chi connectivity index (χ3n) is 8.58. The first-order valence-corrected chi connectivity index (χ1v) is 9.87. The number of rotatable bonds is 1. The fraction of sp³-hybridized carbons (Fsp3) is 1.00. The smallest absolute Gasteiger partial charge is 0.0545 e. The number of aliphatic hydroxyl groups excluding tert-OH is 2. The maximum Gasteiger partial charge on any atom is 0.0545 e. The van der Waals surface area contributed by atoms with Crippen molar-refractivity contribution in [2.24, 2.45) is 40.9 Å². The first kappa shape index (κ1) is 15.4. The molecule has 0 aromatic rings. The van der Waals surface area contributed by atoms with Crippen LogP contribution < -0.4 is 0 Å². The molecule has 0 radical (unpaired) electrons. The molecular weight excluding hydrogens is 272 g/mol. The van der Waals surface area contributed by atoms with E-state index in [1.54, 1.807) is 0 Å². The van der Waals surface area contributed by atoms with E-state index < -0.39 is 0 Å². The van der Waals surface area contributed by atoms with Crippen molar-refractivity contribution in [1.82, 2.24) is 0 Å². The number of hydrogen-bond acceptors (Lipinski definition) is 2. The Morgan fingerprint density at radius 3 is 2.45 bits per heavy atom. The zero-order valence-corrected chi connectivity index (χ0v) is 14.4. The molecule has 0 aliphatic heterocycles. The first-order chi connectivity index (χ1) is 10.5. The van der Waals surface area contributed by atoms with E-state index in [2.05, 4.69) is 6.92 Å². The predicted octanol–water partition coefficient (Wildman–Crippen LogP) is 4.00. The average molecular weight is 306 g/mol. The van der Waals surface area contributed by atoms with Crippen LogP contribution in [0.4, 0.5) is 0 Å². The standard InChI is InChI=1S/C20H34O2/c1-12(21)18-7-8-19-17-5-3-13-11-14(22)4-6-15(13)16(17)9-10-20(18,19)2/h12-19,21-22H,3-11H2,1-2H3. The largest absolute Gasteiger partial charge is 0.393 e. The summed E-state index contributed by atoms with van der Waals surface area (Å²) in [6.45, 7) is 4.51. The molecule has 9 atom stereocenters. The van der Waals surface area contributed by atoms with Gasteiger partial charge in [0.25, 0.3) is 0 Å². The van der Waals surface area contributed by atoms with E-state index in [9.17, 15) is 10.2 Å². The number of aliphatic hydroxyl groups is 2. The molecule has 4 rings (SSSR count). The Balaban J connectivity index is 1.55. The van der Waals surface area contributed by atoms with Crippen molar-refractivity contribution < 1.29 is 10.2 Å². The highest BCUT2D eigenvalue weighted by atomic mass is 16.3. The third kappa shape index (κ3) is 2.20. The van der Waals surface area contributed by atoms with Crippen LogP contribution in [0, 0.1) is 40.9 Å². The van der Waals surface area contributed by atoms with Crippen molar-refractivity contribution >= 4 is 0 Å². The van der Waals surface area contributed by atoms with Gasteiger partial charge in [-0.25, -0.2) is 0 Å². The zero-order valence-electron chi connectivity index (χ0n) is 14.4. The van der Waals surface area contributed by atoms with Crippen LogP contribution >= 0.6 is 0 Å². The summed E-state index contributed by atoms with van der Waals surface area (Å²) >= 11 is 0. The molecule has 0 aromatic heterocycles. The molecule has 0 bridgehead atoms. The van der Waals surface area contributed by atoms with E-state index in [0.29, 0.717) is 11.3 Å². The van der Waals surface area contributed by atoms with Crippen LogP contribution in [0.25, 0.3) is 0 Å². The van der Waals surface area contributed by atoms with Gasteiger partial charge in [0, 0.05) is 0 Å². The summed E-state index contributed by atoms with van der Waals surface area (Å²) in [5.74, 6) is 4.94. The van der Waals surface area contributed by atoms with E-state index in [4.69, 9.17) is 0 Å². The molecule has 9 unspecified atom stereocenters. The minimum Gasteiger partial charge on any atom is -0.393 e. The molecule has 22 heavy (non-hydrogen) atoms.